The van der Waals surface area contributed by atoms with Crippen LogP contribution >= 0.6 is 11.6 Å². The first-order valence-corrected chi connectivity index (χ1v) is 8.25. The Kier molecular flexibility index (Phi) is 4.66. The summed E-state index contributed by atoms with van der Waals surface area (Å²) < 4.78 is 8.00. The molecule has 114 valence electrons. The molecular weight excluding hydrogens is 286 g/mol. The highest BCUT2D eigenvalue weighted by Gasteiger charge is 2.24. The molecule has 0 radical (unpaired) electrons. The van der Waals surface area contributed by atoms with Crippen molar-refractivity contribution in [2.24, 2.45) is 0 Å². The number of fused-ring (bicyclic) bond motifs is 1. The molecule has 3 rings (SSSR count). The van der Waals surface area contributed by atoms with E-state index < -0.39 is 0 Å². The van der Waals surface area contributed by atoms with Crippen molar-refractivity contribution in [3.63, 3.8) is 0 Å². The van der Waals surface area contributed by atoms with Gasteiger partial charge in [0.25, 0.3) is 0 Å². The average Bonchev–Trinajstić information content (AvgIpc) is 2.91. The molecule has 0 N–H and O–H groups in total. The number of piperidine rings is 1. The van der Waals surface area contributed by atoms with E-state index in [0.29, 0.717) is 12.0 Å². The van der Waals surface area contributed by atoms with Crippen LogP contribution in [0.4, 0.5) is 5.82 Å². The third-order valence-electron chi connectivity index (χ3n) is 3.97. The number of halogens is 1. The van der Waals surface area contributed by atoms with Gasteiger partial charge in [-0.3, -0.25) is 0 Å². The van der Waals surface area contributed by atoms with Gasteiger partial charge >= 0.3 is 0 Å². The van der Waals surface area contributed by atoms with Gasteiger partial charge in [-0.1, -0.05) is 13.0 Å². The van der Waals surface area contributed by atoms with Crippen molar-refractivity contribution in [1.29, 1.82) is 0 Å². The van der Waals surface area contributed by atoms with Crippen molar-refractivity contribution in [1.82, 2.24) is 9.38 Å². The minimum absolute atomic E-state index is 0.312. The van der Waals surface area contributed by atoms with Gasteiger partial charge in [0.1, 0.15) is 5.65 Å². The van der Waals surface area contributed by atoms with E-state index in [-0.39, 0.29) is 0 Å². The summed E-state index contributed by atoms with van der Waals surface area (Å²) in [6.07, 6.45) is 5.69. The second-order valence-electron chi connectivity index (χ2n) is 5.53. The Hall–Kier alpha value is -1.26. The van der Waals surface area contributed by atoms with Gasteiger partial charge in [-0.15, -0.1) is 11.6 Å². The fraction of sp³-hybridized carbons (Fsp3) is 0.562. The van der Waals surface area contributed by atoms with Crippen LogP contribution in [0.3, 0.4) is 0 Å². The van der Waals surface area contributed by atoms with Gasteiger partial charge in [-0.05, 0) is 31.4 Å². The van der Waals surface area contributed by atoms with Gasteiger partial charge in [0, 0.05) is 25.9 Å². The number of alkyl halides is 1. The quantitative estimate of drug-likeness (QED) is 0.792. The average molecular weight is 308 g/mol. The molecule has 1 atom stereocenters. The molecule has 5 heteroatoms. The summed E-state index contributed by atoms with van der Waals surface area (Å²) in [7, 11) is 0. The molecule has 0 aliphatic carbocycles. The monoisotopic (exact) mass is 307 g/mol. The number of hydrogen-bond donors (Lipinski definition) is 0. The number of nitrogens with zero attached hydrogens (tertiary/aromatic N) is 3. The van der Waals surface area contributed by atoms with Crippen LogP contribution < -0.4 is 4.90 Å². The Balaban J connectivity index is 1.85. The lowest BCUT2D eigenvalue weighted by molar-refractivity contribution is 0.0439. The number of imidazole rings is 1. The number of ether oxygens (including phenoxy) is 1. The second-order valence-corrected chi connectivity index (χ2v) is 5.79. The predicted octanol–water partition coefficient (Wildman–Crippen LogP) is 3.47. The van der Waals surface area contributed by atoms with Gasteiger partial charge in [0.2, 0.25) is 0 Å². The molecule has 2 aromatic rings. The van der Waals surface area contributed by atoms with E-state index in [1.54, 1.807) is 0 Å². The molecule has 1 fully saturated rings. The van der Waals surface area contributed by atoms with Crippen molar-refractivity contribution >= 4 is 23.1 Å². The summed E-state index contributed by atoms with van der Waals surface area (Å²) in [6.45, 7) is 4.92. The molecule has 21 heavy (non-hydrogen) atoms. The molecule has 1 saturated heterocycles. The lowest BCUT2D eigenvalue weighted by Gasteiger charge is -2.33. The zero-order chi connectivity index (χ0) is 14.7. The topological polar surface area (TPSA) is 29.8 Å². The highest BCUT2D eigenvalue weighted by atomic mass is 35.5. The van der Waals surface area contributed by atoms with Crippen LogP contribution in [0.25, 0.3) is 5.65 Å². The molecule has 1 unspecified atom stereocenters. The molecule has 0 amide bonds. The molecule has 4 nitrogen and oxygen atoms in total. The first kappa shape index (κ1) is 14.7. The number of pyridine rings is 1. The second kappa shape index (κ2) is 6.67. The Morgan fingerprint density at radius 2 is 2.33 bits per heavy atom. The molecule has 0 bridgehead atoms. The Bertz CT molecular complexity index is 598. The summed E-state index contributed by atoms with van der Waals surface area (Å²) in [4.78, 5) is 7.10. The highest BCUT2D eigenvalue weighted by Crippen LogP contribution is 2.27. The van der Waals surface area contributed by atoms with Gasteiger partial charge in [-0.2, -0.15) is 0 Å². The van der Waals surface area contributed by atoms with Crippen molar-refractivity contribution in [2.45, 2.75) is 38.2 Å². The molecule has 1 aliphatic heterocycles. The lowest BCUT2D eigenvalue weighted by Crippen LogP contribution is -2.40. The predicted molar refractivity (Wildman–Crippen MR) is 86.2 cm³/mol. The lowest BCUT2D eigenvalue weighted by atomic mass is 10.1. The van der Waals surface area contributed by atoms with Crippen LogP contribution in [-0.4, -0.2) is 35.2 Å². The van der Waals surface area contributed by atoms with Crippen LogP contribution in [0.5, 0.6) is 0 Å². The number of aromatic nitrogens is 2. The smallest absolute Gasteiger partial charge is 0.152 e. The third kappa shape index (κ3) is 3.01. The van der Waals surface area contributed by atoms with Crippen LogP contribution in [0.1, 0.15) is 31.9 Å². The van der Waals surface area contributed by atoms with Crippen LogP contribution in [0.15, 0.2) is 24.4 Å². The van der Waals surface area contributed by atoms with Crippen LogP contribution in [0, 0.1) is 0 Å². The Morgan fingerprint density at radius 1 is 1.43 bits per heavy atom. The van der Waals surface area contributed by atoms with Gasteiger partial charge < -0.3 is 14.0 Å². The maximum atomic E-state index is 6.17. The molecule has 3 heterocycles. The van der Waals surface area contributed by atoms with E-state index in [9.17, 15) is 0 Å². The zero-order valence-corrected chi connectivity index (χ0v) is 13.2. The summed E-state index contributed by atoms with van der Waals surface area (Å²) in [5, 5.41) is 0. The van der Waals surface area contributed by atoms with Crippen LogP contribution in [0.2, 0.25) is 0 Å². The van der Waals surface area contributed by atoms with E-state index in [4.69, 9.17) is 21.3 Å². The first-order valence-electron chi connectivity index (χ1n) is 7.72. The van der Waals surface area contributed by atoms with E-state index >= 15 is 0 Å². The van der Waals surface area contributed by atoms with Crippen molar-refractivity contribution in [3.05, 3.63) is 30.1 Å². The molecule has 2 aromatic heterocycles. The normalized spacial score (nSPS) is 19.3. The molecule has 0 aromatic carbocycles. The summed E-state index contributed by atoms with van der Waals surface area (Å²) in [5.74, 6) is 1.48. The zero-order valence-electron chi connectivity index (χ0n) is 12.5. The minimum atomic E-state index is 0.312. The Morgan fingerprint density at radius 3 is 3.14 bits per heavy atom. The Labute approximate surface area is 130 Å². The maximum absolute atomic E-state index is 6.17. The van der Waals surface area contributed by atoms with Crippen molar-refractivity contribution in [3.8, 4) is 0 Å². The summed E-state index contributed by atoms with van der Waals surface area (Å²) in [6, 6.07) is 6.04. The molecule has 1 aliphatic rings. The highest BCUT2D eigenvalue weighted by molar-refractivity contribution is 6.17. The van der Waals surface area contributed by atoms with E-state index in [1.807, 2.05) is 24.4 Å². The van der Waals surface area contributed by atoms with Crippen LogP contribution in [-0.2, 0) is 10.6 Å². The van der Waals surface area contributed by atoms with E-state index in [0.717, 1.165) is 56.1 Å². The number of hydrogen-bond acceptors (Lipinski definition) is 3. The molecule has 0 spiro atoms. The fourth-order valence-corrected chi connectivity index (χ4v) is 3.21. The standard InChI is InChI=1S/C16H22ClN3O/c1-2-10-21-13-6-5-8-19(12-13)16-14(11-17)20-9-4-3-7-15(20)18-16/h3-4,7,9,13H,2,5-6,8,10-12H2,1H3. The van der Waals surface area contributed by atoms with Crippen molar-refractivity contribution in [2.75, 3.05) is 24.6 Å². The SMILES string of the molecule is CCCOC1CCCN(c2nc3ccccn3c2CCl)C1. The van der Waals surface area contributed by atoms with E-state index in [1.165, 1.54) is 0 Å². The number of anilines is 1. The van der Waals surface area contributed by atoms with E-state index in [2.05, 4.69) is 16.2 Å². The minimum Gasteiger partial charge on any atom is -0.376 e. The molecular formula is C16H22ClN3O. The third-order valence-corrected chi connectivity index (χ3v) is 4.22. The maximum Gasteiger partial charge on any atom is 0.152 e. The fourth-order valence-electron chi connectivity index (χ4n) is 2.96. The summed E-state index contributed by atoms with van der Waals surface area (Å²) in [5.41, 5.74) is 2.03. The molecule has 0 saturated carbocycles. The van der Waals surface area contributed by atoms with Gasteiger partial charge in [0.05, 0.1) is 17.7 Å². The van der Waals surface area contributed by atoms with Gasteiger partial charge in [0.15, 0.2) is 5.82 Å². The largest absolute Gasteiger partial charge is 0.376 e. The first-order chi connectivity index (χ1) is 10.3. The van der Waals surface area contributed by atoms with Gasteiger partial charge in [-0.25, -0.2) is 4.98 Å². The number of rotatable bonds is 5. The van der Waals surface area contributed by atoms with Crippen molar-refractivity contribution < 1.29 is 4.74 Å². The summed E-state index contributed by atoms with van der Waals surface area (Å²) >= 11 is 6.17.